The van der Waals surface area contributed by atoms with E-state index in [1.54, 1.807) is 4.90 Å². The Labute approximate surface area is 83.7 Å². The summed E-state index contributed by atoms with van der Waals surface area (Å²) in [4.78, 5) is 13.4. The van der Waals surface area contributed by atoms with E-state index >= 15 is 0 Å². The summed E-state index contributed by atoms with van der Waals surface area (Å²) in [5.41, 5.74) is 3.21. The van der Waals surface area contributed by atoms with Gasteiger partial charge in [0.2, 0.25) is 5.91 Å². The SMILES string of the molecule is Cc1cccc2c1NC(C)C(=O)N2C. The molecule has 0 aromatic heterocycles. The molecule has 0 saturated heterocycles. The Morgan fingerprint density at radius 1 is 1.43 bits per heavy atom. The summed E-state index contributed by atoms with van der Waals surface area (Å²) in [5, 5.41) is 3.22. The van der Waals surface area contributed by atoms with E-state index in [0.29, 0.717) is 0 Å². The van der Waals surface area contributed by atoms with Crippen LogP contribution in [0.5, 0.6) is 0 Å². The lowest BCUT2D eigenvalue weighted by Crippen LogP contribution is -2.43. The van der Waals surface area contributed by atoms with Crippen LogP contribution < -0.4 is 10.2 Å². The number of hydrogen-bond acceptors (Lipinski definition) is 2. The van der Waals surface area contributed by atoms with Crippen molar-refractivity contribution in [2.75, 3.05) is 17.3 Å². The first-order chi connectivity index (χ1) is 6.61. The van der Waals surface area contributed by atoms with Gasteiger partial charge in [-0.05, 0) is 25.5 Å². The maximum atomic E-state index is 11.7. The van der Waals surface area contributed by atoms with Crippen molar-refractivity contribution in [1.82, 2.24) is 0 Å². The molecule has 1 aliphatic rings. The van der Waals surface area contributed by atoms with Crippen LogP contribution in [0.3, 0.4) is 0 Å². The highest BCUT2D eigenvalue weighted by atomic mass is 16.2. The molecule has 2 rings (SSSR count). The number of aryl methyl sites for hydroxylation is 1. The zero-order valence-electron chi connectivity index (χ0n) is 8.66. The minimum Gasteiger partial charge on any atom is -0.372 e. The molecule has 0 aliphatic carbocycles. The van der Waals surface area contributed by atoms with Crippen molar-refractivity contribution in [1.29, 1.82) is 0 Å². The molecule has 14 heavy (non-hydrogen) atoms. The molecule has 74 valence electrons. The third-order valence-electron chi connectivity index (χ3n) is 2.67. The molecule has 1 aliphatic heterocycles. The molecule has 3 nitrogen and oxygen atoms in total. The Bertz CT molecular complexity index is 387. The predicted octanol–water partition coefficient (Wildman–Crippen LogP) is 1.77. The van der Waals surface area contributed by atoms with Gasteiger partial charge in [-0.15, -0.1) is 0 Å². The fourth-order valence-corrected chi connectivity index (χ4v) is 1.81. The van der Waals surface area contributed by atoms with Gasteiger partial charge in [-0.2, -0.15) is 0 Å². The van der Waals surface area contributed by atoms with Crippen LogP contribution in [-0.4, -0.2) is 19.0 Å². The van der Waals surface area contributed by atoms with Gasteiger partial charge in [0, 0.05) is 7.05 Å². The van der Waals surface area contributed by atoms with Crippen molar-refractivity contribution in [3.8, 4) is 0 Å². The third kappa shape index (κ3) is 1.16. The van der Waals surface area contributed by atoms with E-state index in [9.17, 15) is 4.79 Å². The number of rotatable bonds is 0. The Hall–Kier alpha value is -1.51. The number of fused-ring (bicyclic) bond motifs is 1. The number of benzene rings is 1. The van der Waals surface area contributed by atoms with Gasteiger partial charge in [0.05, 0.1) is 11.4 Å². The number of hydrogen-bond donors (Lipinski definition) is 1. The first-order valence-corrected chi connectivity index (χ1v) is 4.75. The van der Waals surface area contributed by atoms with E-state index in [-0.39, 0.29) is 11.9 Å². The van der Waals surface area contributed by atoms with Crippen LogP contribution in [0.1, 0.15) is 12.5 Å². The van der Waals surface area contributed by atoms with E-state index in [1.807, 2.05) is 39.1 Å². The first kappa shape index (κ1) is 9.06. The molecular formula is C11H14N2O. The van der Waals surface area contributed by atoms with Crippen molar-refractivity contribution >= 4 is 17.3 Å². The van der Waals surface area contributed by atoms with Crippen LogP contribution in [0.25, 0.3) is 0 Å². The van der Waals surface area contributed by atoms with Gasteiger partial charge in [-0.25, -0.2) is 0 Å². The number of para-hydroxylation sites is 1. The minimum atomic E-state index is -0.131. The number of nitrogens with zero attached hydrogens (tertiary/aromatic N) is 1. The average Bonchev–Trinajstić information content (AvgIpc) is 2.17. The lowest BCUT2D eigenvalue weighted by atomic mass is 10.1. The Morgan fingerprint density at radius 3 is 2.86 bits per heavy atom. The van der Waals surface area contributed by atoms with E-state index in [0.717, 1.165) is 11.4 Å². The summed E-state index contributed by atoms with van der Waals surface area (Å²) in [5.74, 6) is 0.114. The molecular weight excluding hydrogens is 176 g/mol. The smallest absolute Gasteiger partial charge is 0.248 e. The molecule has 1 atom stereocenters. The second kappa shape index (κ2) is 3.01. The van der Waals surface area contributed by atoms with Crippen LogP contribution in [-0.2, 0) is 4.79 Å². The molecule has 0 bridgehead atoms. The second-order valence-electron chi connectivity index (χ2n) is 3.73. The number of carbonyl (C=O) groups is 1. The van der Waals surface area contributed by atoms with E-state index in [2.05, 4.69) is 5.32 Å². The van der Waals surface area contributed by atoms with E-state index in [4.69, 9.17) is 0 Å². The van der Waals surface area contributed by atoms with Crippen LogP contribution >= 0.6 is 0 Å². The molecule has 1 aromatic rings. The lowest BCUT2D eigenvalue weighted by Gasteiger charge is -2.32. The topological polar surface area (TPSA) is 32.3 Å². The Balaban J connectivity index is 2.56. The summed E-state index contributed by atoms with van der Waals surface area (Å²) < 4.78 is 0. The fourth-order valence-electron chi connectivity index (χ4n) is 1.81. The summed E-state index contributed by atoms with van der Waals surface area (Å²) in [6.45, 7) is 3.93. The quantitative estimate of drug-likeness (QED) is 0.676. The molecule has 1 amide bonds. The van der Waals surface area contributed by atoms with Gasteiger partial charge < -0.3 is 10.2 Å². The highest BCUT2D eigenvalue weighted by Gasteiger charge is 2.27. The Kier molecular flexibility index (Phi) is 1.95. The van der Waals surface area contributed by atoms with Crippen molar-refractivity contribution in [3.05, 3.63) is 23.8 Å². The molecule has 1 N–H and O–H groups in total. The van der Waals surface area contributed by atoms with Crippen molar-refractivity contribution in [2.24, 2.45) is 0 Å². The highest BCUT2D eigenvalue weighted by Crippen LogP contribution is 2.32. The molecule has 0 saturated carbocycles. The summed E-state index contributed by atoms with van der Waals surface area (Å²) in [6, 6.07) is 5.84. The number of nitrogens with one attached hydrogen (secondary N) is 1. The number of anilines is 2. The Morgan fingerprint density at radius 2 is 2.14 bits per heavy atom. The zero-order valence-corrected chi connectivity index (χ0v) is 8.66. The summed E-state index contributed by atoms with van der Waals surface area (Å²) >= 11 is 0. The number of carbonyl (C=O) groups excluding carboxylic acids is 1. The van der Waals surface area contributed by atoms with Crippen LogP contribution in [0.4, 0.5) is 11.4 Å². The van der Waals surface area contributed by atoms with Crippen molar-refractivity contribution in [2.45, 2.75) is 19.9 Å². The molecule has 0 radical (unpaired) electrons. The molecule has 3 heteroatoms. The molecule has 1 heterocycles. The summed E-state index contributed by atoms with van der Waals surface area (Å²) in [7, 11) is 1.82. The highest BCUT2D eigenvalue weighted by molar-refractivity contribution is 6.04. The number of amides is 1. The maximum absolute atomic E-state index is 11.7. The van der Waals surface area contributed by atoms with E-state index in [1.165, 1.54) is 5.56 Å². The van der Waals surface area contributed by atoms with Gasteiger partial charge in [0.15, 0.2) is 0 Å². The van der Waals surface area contributed by atoms with Crippen LogP contribution in [0.15, 0.2) is 18.2 Å². The third-order valence-corrected chi connectivity index (χ3v) is 2.67. The lowest BCUT2D eigenvalue weighted by molar-refractivity contribution is -0.118. The van der Waals surface area contributed by atoms with Gasteiger partial charge in [0.1, 0.15) is 6.04 Å². The largest absolute Gasteiger partial charge is 0.372 e. The zero-order chi connectivity index (χ0) is 10.3. The molecule has 0 spiro atoms. The normalized spacial score (nSPS) is 20.4. The van der Waals surface area contributed by atoms with Crippen molar-refractivity contribution < 1.29 is 4.79 Å². The predicted molar refractivity (Wildman–Crippen MR) is 57.7 cm³/mol. The van der Waals surface area contributed by atoms with Gasteiger partial charge in [-0.3, -0.25) is 4.79 Å². The van der Waals surface area contributed by atoms with Gasteiger partial charge >= 0.3 is 0 Å². The maximum Gasteiger partial charge on any atom is 0.248 e. The van der Waals surface area contributed by atoms with Gasteiger partial charge in [0.25, 0.3) is 0 Å². The van der Waals surface area contributed by atoms with E-state index < -0.39 is 0 Å². The first-order valence-electron chi connectivity index (χ1n) is 4.75. The number of likely N-dealkylation sites (N-methyl/N-ethyl adjacent to an activating group) is 1. The molecule has 0 fully saturated rings. The fraction of sp³-hybridized carbons (Fsp3) is 0.364. The molecule has 1 unspecified atom stereocenters. The standard InChI is InChI=1S/C11H14N2O/c1-7-5-4-6-9-10(7)12-8(2)11(14)13(9)3/h4-6,8,12H,1-3H3. The summed E-state index contributed by atoms with van der Waals surface area (Å²) in [6.07, 6.45) is 0. The van der Waals surface area contributed by atoms with Crippen molar-refractivity contribution in [3.63, 3.8) is 0 Å². The van der Waals surface area contributed by atoms with Crippen LogP contribution in [0.2, 0.25) is 0 Å². The molecule has 1 aromatic carbocycles. The van der Waals surface area contributed by atoms with Crippen LogP contribution in [0, 0.1) is 6.92 Å². The van der Waals surface area contributed by atoms with Gasteiger partial charge in [-0.1, -0.05) is 12.1 Å². The minimum absolute atomic E-state index is 0.114. The average molecular weight is 190 g/mol. The monoisotopic (exact) mass is 190 g/mol. The second-order valence-corrected chi connectivity index (χ2v) is 3.73.